The van der Waals surface area contributed by atoms with Crippen LogP contribution in [0.25, 0.3) is 0 Å². The van der Waals surface area contributed by atoms with Gasteiger partial charge < -0.3 is 15.4 Å². The molecule has 0 fully saturated rings. The number of benzene rings is 1. The van der Waals surface area contributed by atoms with Gasteiger partial charge in [-0.1, -0.05) is 6.07 Å². The Balaban J connectivity index is 2.00. The highest BCUT2D eigenvalue weighted by atomic mass is 16.6. The number of nitro groups is 1. The lowest BCUT2D eigenvalue weighted by atomic mass is 10.2. The van der Waals surface area contributed by atoms with Crippen LogP contribution in [0.5, 0.6) is 0 Å². The van der Waals surface area contributed by atoms with Crippen molar-refractivity contribution in [3.63, 3.8) is 0 Å². The molecule has 0 saturated heterocycles. The second kappa shape index (κ2) is 8.43. The lowest BCUT2D eigenvalue weighted by molar-refractivity contribution is -0.385. The predicted octanol–water partition coefficient (Wildman–Crippen LogP) is 2.68. The standard InChI is InChI=1S/C17H23N5O4/c1-11-5-6-14(9-16(11)22(24)25)19-17(23)18-10-15-12(2)20-21(13(15)3)7-8-26-4/h5-6,9H,7-8,10H2,1-4H3,(H2,18,19,23). The third kappa shape index (κ3) is 4.57. The Morgan fingerprint density at radius 2 is 2.08 bits per heavy atom. The van der Waals surface area contributed by atoms with Gasteiger partial charge in [-0.05, 0) is 26.8 Å². The summed E-state index contributed by atoms with van der Waals surface area (Å²) in [6.07, 6.45) is 0. The Morgan fingerprint density at radius 3 is 2.73 bits per heavy atom. The van der Waals surface area contributed by atoms with E-state index >= 15 is 0 Å². The highest BCUT2D eigenvalue weighted by molar-refractivity contribution is 5.89. The number of nitro benzene ring substituents is 1. The van der Waals surface area contributed by atoms with Crippen molar-refractivity contribution in [2.24, 2.45) is 0 Å². The van der Waals surface area contributed by atoms with Crippen LogP contribution in [-0.2, 0) is 17.8 Å². The summed E-state index contributed by atoms with van der Waals surface area (Å²) < 4.78 is 6.91. The molecule has 1 aromatic heterocycles. The molecule has 0 saturated carbocycles. The molecule has 2 rings (SSSR count). The first-order chi connectivity index (χ1) is 12.3. The van der Waals surface area contributed by atoms with E-state index in [4.69, 9.17) is 4.74 Å². The number of nitrogens with zero attached hydrogens (tertiary/aromatic N) is 3. The molecule has 2 N–H and O–H groups in total. The lowest BCUT2D eigenvalue weighted by Gasteiger charge is -2.09. The Bertz CT molecular complexity index is 816. The first-order valence-corrected chi connectivity index (χ1v) is 8.15. The Morgan fingerprint density at radius 1 is 1.35 bits per heavy atom. The van der Waals surface area contributed by atoms with Gasteiger partial charge in [-0.25, -0.2) is 4.79 Å². The molecule has 0 aliphatic rings. The minimum Gasteiger partial charge on any atom is -0.383 e. The lowest BCUT2D eigenvalue weighted by Crippen LogP contribution is -2.28. The van der Waals surface area contributed by atoms with E-state index in [1.165, 1.54) is 6.07 Å². The maximum absolute atomic E-state index is 12.1. The van der Waals surface area contributed by atoms with E-state index in [0.29, 0.717) is 30.9 Å². The molecular formula is C17H23N5O4. The van der Waals surface area contributed by atoms with E-state index in [2.05, 4.69) is 15.7 Å². The van der Waals surface area contributed by atoms with Crippen LogP contribution in [0.1, 0.15) is 22.5 Å². The predicted molar refractivity (Wildman–Crippen MR) is 97.3 cm³/mol. The second-order valence-electron chi connectivity index (χ2n) is 5.93. The van der Waals surface area contributed by atoms with Crippen LogP contribution in [0.15, 0.2) is 18.2 Å². The zero-order chi connectivity index (χ0) is 19.3. The number of anilines is 1. The second-order valence-corrected chi connectivity index (χ2v) is 5.93. The Labute approximate surface area is 151 Å². The van der Waals surface area contributed by atoms with E-state index in [1.54, 1.807) is 26.2 Å². The highest BCUT2D eigenvalue weighted by Gasteiger charge is 2.14. The summed E-state index contributed by atoms with van der Waals surface area (Å²) in [5, 5.41) is 20.8. The van der Waals surface area contributed by atoms with Crippen LogP contribution >= 0.6 is 0 Å². The molecule has 0 aliphatic carbocycles. The fourth-order valence-electron chi connectivity index (χ4n) is 2.61. The minimum absolute atomic E-state index is 0.0334. The number of methoxy groups -OCH3 is 1. The van der Waals surface area contributed by atoms with Crippen molar-refractivity contribution in [3.05, 3.63) is 50.8 Å². The molecule has 140 valence electrons. The van der Waals surface area contributed by atoms with E-state index in [1.807, 2.05) is 18.5 Å². The monoisotopic (exact) mass is 361 g/mol. The molecule has 0 spiro atoms. The molecule has 1 heterocycles. The topological polar surface area (TPSA) is 111 Å². The summed E-state index contributed by atoms with van der Waals surface area (Å²) in [5.41, 5.74) is 3.61. The van der Waals surface area contributed by atoms with Crippen molar-refractivity contribution in [1.29, 1.82) is 0 Å². The summed E-state index contributed by atoms with van der Waals surface area (Å²) in [7, 11) is 1.63. The van der Waals surface area contributed by atoms with Crippen molar-refractivity contribution in [1.82, 2.24) is 15.1 Å². The van der Waals surface area contributed by atoms with Crippen LogP contribution in [-0.4, -0.2) is 34.5 Å². The van der Waals surface area contributed by atoms with E-state index < -0.39 is 11.0 Å². The molecule has 0 aliphatic heterocycles. The zero-order valence-electron chi connectivity index (χ0n) is 15.3. The molecule has 9 nitrogen and oxygen atoms in total. The van der Waals surface area contributed by atoms with Crippen molar-refractivity contribution in [2.45, 2.75) is 33.9 Å². The van der Waals surface area contributed by atoms with Gasteiger partial charge in [0.15, 0.2) is 0 Å². The van der Waals surface area contributed by atoms with E-state index in [0.717, 1.165) is 17.0 Å². The number of rotatable bonds is 7. The van der Waals surface area contributed by atoms with Gasteiger partial charge in [-0.3, -0.25) is 14.8 Å². The van der Waals surface area contributed by atoms with Crippen molar-refractivity contribution >= 4 is 17.4 Å². The molecule has 2 amide bonds. The van der Waals surface area contributed by atoms with Crippen molar-refractivity contribution in [2.75, 3.05) is 19.0 Å². The summed E-state index contributed by atoms with van der Waals surface area (Å²) in [6.45, 7) is 6.98. The van der Waals surface area contributed by atoms with Gasteiger partial charge in [-0.2, -0.15) is 5.10 Å². The van der Waals surface area contributed by atoms with Crippen molar-refractivity contribution < 1.29 is 14.5 Å². The molecule has 9 heteroatoms. The van der Waals surface area contributed by atoms with Gasteiger partial charge in [0.2, 0.25) is 0 Å². The normalized spacial score (nSPS) is 10.6. The van der Waals surface area contributed by atoms with Gasteiger partial charge in [0.05, 0.1) is 23.8 Å². The van der Waals surface area contributed by atoms with Crippen LogP contribution < -0.4 is 10.6 Å². The number of carbonyl (C=O) groups excluding carboxylic acids is 1. The van der Waals surface area contributed by atoms with Gasteiger partial charge in [0.25, 0.3) is 5.69 Å². The Kier molecular flexibility index (Phi) is 6.29. The SMILES string of the molecule is COCCn1nc(C)c(CNC(=O)Nc2ccc(C)c([N+](=O)[O-])c2)c1C. The van der Waals surface area contributed by atoms with E-state index in [9.17, 15) is 14.9 Å². The fourth-order valence-corrected chi connectivity index (χ4v) is 2.61. The summed E-state index contributed by atoms with van der Waals surface area (Å²) in [5.74, 6) is 0. The third-order valence-corrected chi connectivity index (χ3v) is 4.13. The summed E-state index contributed by atoms with van der Waals surface area (Å²) >= 11 is 0. The number of urea groups is 1. The van der Waals surface area contributed by atoms with Gasteiger partial charge >= 0.3 is 6.03 Å². The minimum atomic E-state index is -0.473. The molecule has 1 aromatic carbocycles. The van der Waals surface area contributed by atoms with Crippen LogP contribution in [0.3, 0.4) is 0 Å². The smallest absolute Gasteiger partial charge is 0.319 e. The maximum atomic E-state index is 12.1. The molecular weight excluding hydrogens is 338 g/mol. The maximum Gasteiger partial charge on any atom is 0.319 e. The quantitative estimate of drug-likeness (QED) is 0.582. The van der Waals surface area contributed by atoms with Gasteiger partial charge in [0, 0.05) is 42.2 Å². The number of aromatic nitrogens is 2. The van der Waals surface area contributed by atoms with E-state index in [-0.39, 0.29) is 5.69 Å². The molecule has 26 heavy (non-hydrogen) atoms. The van der Waals surface area contributed by atoms with Crippen LogP contribution in [0, 0.1) is 30.9 Å². The third-order valence-electron chi connectivity index (χ3n) is 4.13. The number of carbonyl (C=O) groups is 1. The zero-order valence-corrected chi connectivity index (χ0v) is 15.3. The average Bonchev–Trinajstić information content (AvgIpc) is 2.86. The fraction of sp³-hybridized carbons (Fsp3) is 0.412. The first-order valence-electron chi connectivity index (χ1n) is 8.15. The molecule has 0 radical (unpaired) electrons. The number of amides is 2. The largest absolute Gasteiger partial charge is 0.383 e. The van der Waals surface area contributed by atoms with Gasteiger partial charge in [-0.15, -0.1) is 0 Å². The number of aryl methyl sites for hydroxylation is 2. The molecule has 2 aromatic rings. The number of hydrogen-bond donors (Lipinski definition) is 2. The average molecular weight is 361 g/mol. The number of hydrogen-bond acceptors (Lipinski definition) is 5. The van der Waals surface area contributed by atoms with Crippen LogP contribution in [0.2, 0.25) is 0 Å². The van der Waals surface area contributed by atoms with Gasteiger partial charge in [0.1, 0.15) is 0 Å². The number of ether oxygens (including phenoxy) is 1. The summed E-state index contributed by atoms with van der Waals surface area (Å²) in [4.78, 5) is 22.6. The molecule has 0 bridgehead atoms. The molecule has 0 atom stereocenters. The summed E-state index contributed by atoms with van der Waals surface area (Å²) in [6, 6.07) is 4.13. The number of nitrogens with one attached hydrogen (secondary N) is 2. The Hall–Kier alpha value is -2.94. The first kappa shape index (κ1) is 19.4. The highest BCUT2D eigenvalue weighted by Crippen LogP contribution is 2.22. The van der Waals surface area contributed by atoms with Crippen molar-refractivity contribution in [3.8, 4) is 0 Å². The molecule has 0 unspecified atom stereocenters. The van der Waals surface area contributed by atoms with Crippen LogP contribution in [0.4, 0.5) is 16.2 Å².